The Bertz CT molecular complexity index is 411. The Morgan fingerprint density at radius 3 is 2.79 bits per heavy atom. The van der Waals surface area contributed by atoms with E-state index in [1.165, 1.54) is 24.8 Å². The van der Waals surface area contributed by atoms with E-state index in [1.54, 1.807) is 0 Å². The summed E-state index contributed by atoms with van der Waals surface area (Å²) < 4.78 is 0. The van der Waals surface area contributed by atoms with Crippen LogP contribution in [0.4, 0.5) is 0 Å². The molecule has 1 aromatic carbocycles. The third-order valence-corrected chi connectivity index (χ3v) is 3.80. The second-order valence-electron chi connectivity index (χ2n) is 5.40. The quantitative estimate of drug-likeness (QED) is 0.855. The summed E-state index contributed by atoms with van der Waals surface area (Å²) in [6.45, 7) is 0.693. The van der Waals surface area contributed by atoms with Gasteiger partial charge in [0.15, 0.2) is 0 Å². The minimum Gasteiger partial charge on any atom is -0.349 e. The van der Waals surface area contributed by atoms with Gasteiger partial charge in [0.2, 0.25) is 0 Å². The first kappa shape index (κ1) is 14.1. The maximum Gasteiger partial charge on any atom is 0.251 e. The fraction of sp³-hybridized carbons (Fsp3) is 0.562. The first-order chi connectivity index (χ1) is 9.29. The van der Waals surface area contributed by atoms with Gasteiger partial charge in [0.1, 0.15) is 0 Å². The highest BCUT2D eigenvalue weighted by Crippen LogP contribution is 2.18. The van der Waals surface area contributed by atoms with Crippen molar-refractivity contribution in [3.8, 4) is 0 Å². The molecule has 3 heteroatoms. The molecule has 1 aliphatic rings. The smallest absolute Gasteiger partial charge is 0.251 e. The fourth-order valence-corrected chi connectivity index (χ4v) is 2.69. The normalized spacial score (nSPS) is 16.3. The molecule has 0 heterocycles. The van der Waals surface area contributed by atoms with Crippen molar-refractivity contribution < 1.29 is 4.79 Å². The molecule has 1 aliphatic carbocycles. The molecule has 1 amide bonds. The summed E-state index contributed by atoms with van der Waals surface area (Å²) in [4.78, 5) is 12.2. The molecule has 0 unspecified atom stereocenters. The second-order valence-corrected chi connectivity index (χ2v) is 5.40. The summed E-state index contributed by atoms with van der Waals surface area (Å²) in [5.41, 5.74) is 7.49. The summed E-state index contributed by atoms with van der Waals surface area (Å²) in [6, 6.07) is 8.28. The van der Waals surface area contributed by atoms with Crippen LogP contribution >= 0.6 is 0 Å². The summed E-state index contributed by atoms with van der Waals surface area (Å²) in [6.07, 6.45) is 7.94. The van der Waals surface area contributed by atoms with Gasteiger partial charge in [0.05, 0.1) is 0 Å². The van der Waals surface area contributed by atoms with Crippen LogP contribution in [0.5, 0.6) is 0 Å². The van der Waals surface area contributed by atoms with E-state index in [0.29, 0.717) is 12.6 Å². The number of carbonyl (C=O) groups excluding carboxylic acids is 1. The van der Waals surface area contributed by atoms with Crippen LogP contribution in [0.15, 0.2) is 24.3 Å². The Morgan fingerprint density at radius 1 is 1.26 bits per heavy atom. The van der Waals surface area contributed by atoms with E-state index in [2.05, 4.69) is 11.4 Å². The van der Waals surface area contributed by atoms with E-state index in [9.17, 15) is 4.79 Å². The predicted molar refractivity (Wildman–Crippen MR) is 78.2 cm³/mol. The van der Waals surface area contributed by atoms with Crippen molar-refractivity contribution in [1.29, 1.82) is 0 Å². The molecule has 3 N–H and O–H groups in total. The third-order valence-electron chi connectivity index (χ3n) is 3.80. The molecular formula is C16H24N2O. The van der Waals surface area contributed by atoms with Gasteiger partial charge >= 0.3 is 0 Å². The number of hydrogen-bond acceptors (Lipinski definition) is 2. The Balaban J connectivity index is 1.93. The lowest BCUT2D eigenvalue weighted by atomic mass is 9.95. The van der Waals surface area contributed by atoms with Gasteiger partial charge in [-0.25, -0.2) is 0 Å². The molecular weight excluding hydrogens is 236 g/mol. The molecule has 19 heavy (non-hydrogen) atoms. The summed E-state index contributed by atoms with van der Waals surface area (Å²) in [5.74, 6) is 0.0708. The Kier molecular flexibility index (Phi) is 5.40. The first-order valence-electron chi connectivity index (χ1n) is 7.39. The standard InChI is InChI=1S/C16H24N2O/c17-11-5-7-13-6-4-8-14(12-13)16(19)18-15-9-2-1-3-10-15/h4,6,8,12,15H,1-3,5,7,9-11,17H2,(H,18,19). The average molecular weight is 260 g/mol. The number of hydrogen-bond donors (Lipinski definition) is 2. The van der Waals surface area contributed by atoms with E-state index in [-0.39, 0.29) is 5.91 Å². The van der Waals surface area contributed by atoms with Crippen molar-refractivity contribution in [2.75, 3.05) is 6.54 Å². The number of carbonyl (C=O) groups is 1. The predicted octanol–water partition coefficient (Wildman–Crippen LogP) is 2.64. The number of nitrogens with two attached hydrogens (primary N) is 1. The molecule has 0 saturated heterocycles. The molecule has 0 atom stereocenters. The van der Waals surface area contributed by atoms with Gasteiger partial charge in [-0.1, -0.05) is 31.4 Å². The molecule has 3 nitrogen and oxygen atoms in total. The monoisotopic (exact) mass is 260 g/mol. The lowest BCUT2D eigenvalue weighted by Crippen LogP contribution is -2.36. The van der Waals surface area contributed by atoms with Gasteiger partial charge in [-0.2, -0.15) is 0 Å². The summed E-state index contributed by atoms with van der Waals surface area (Å²) >= 11 is 0. The van der Waals surface area contributed by atoms with Gasteiger partial charge in [0, 0.05) is 11.6 Å². The van der Waals surface area contributed by atoms with Crippen molar-refractivity contribution in [1.82, 2.24) is 5.32 Å². The van der Waals surface area contributed by atoms with Crippen LogP contribution in [0.2, 0.25) is 0 Å². The molecule has 1 aromatic rings. The Hall–Kier alpha value is -1.35. The highest BCUT2D eigenvalue weighted by atomic mass is 16.1. The average Bonchev–Trinajstić information content (AvgIpc) is 2.46. The molecule has 1 fully saturated rings. The highest BCUT2D eigenvalue weighted by molar-refractivity contribution is 5.94. The molecule has 0 bridgehead atoms. The van der Waals surface area contributed by atoms with Gasteiger partial charge in [-0.05, 0) is 49.9 Å². The van der Waals surface area contributed by atoms with Crippen molar-refractivity contribution in [3.05, 3.63) is 35.4 Å². The van der Waals surface area contributed by atoms with Crippen molar-refractivity contribution in [3.63, 3.8) is 0 Å². The van der Waals surface area contributed by atoms with Crippen molar-refractivity contribution in [2.45, 2.75) is 51.0 Å². The van der Waals surface area contributed by atoms with Crippen molar-refractivity contribution >= 4 is 5.91 Å². The Labute approximate surface area is 115 Å². The minimum atomic E-state index is 0.0708. The maximum atomic E-state index is 12.2. The van der Waals surface area contributed by atoms with E-state index in [4.69, 9.17) is 5.73 Å². The van der Waals surface area contributed by atoms with Gasteiger partial charge < -0.3 is 11.1 Å². The third kappa shape index (κ3) is 4.35. The van der Waals surface area contributed by atoms with Crippen LogP contribution in [0.1, 0.15) is 54.4 Å². The largest absolute Gasteiger partial charge is 0.349 e. The van der Waals surface area contributed by atoms with E-state index in [1.807, 2.05) is 18.2 Å². The number of aryl methyl sites for hydroxylation is 1. The minimum absolute atomic E-state index is 0.0708. The van der Waals surface area contributed by atoms with Crippen molar-refractivity contribution in [2.24, 2.45) is 5.73 Å². The highest BCUT2D eigenvalue weighted by Gasteiger charge is 2.16. The second kappa shape index (κ2) is 7.29. The van der Waals surface area contributed by atoms with Crippen LogP contribution in [0, 0.1) is 0 Å². The molecule has 2 rings (SSSR count). The van der Waals surface area contributed by atoms with E-state index in [0.717, 1.165) is 31.2 Å². The molecule has 0 aromatic heterocycles. The maximum absolute atomic E-state index is 12.2. The zero-order chi connectivity index (χ0) is 13.5. The van der Waals surface area contributed by atoms with Gasteiger partial charge in [-0.15, -0.1) is 0 Å². The summed E-state index contributed by atoms with van der Waals surface area (Å²) in [5, 5.41) is 3.15. The van der Waals surface area contributed by atoms with Crippen LogP contribution < -0.4 is 11.1 Å². The summed E-state index contributed by atoms with van der Waals surface area (Å²) in [7, 11) is 0. The van der Waals surface area contributed by atoms with Crippen LogP contribution in [-0.4, -0.2) is 18.5 Å². The first-order valence-corrected chi connectivity index (χ1v) is 7.39. The molecule has 104 valence electrons. The molecule has 1 saturated carbocycles. The molecule has 0 aliphatic heterocycles. The van der Waals surface area contributed by atoms with Gasteiger partial charge in [0.25, 0.3) is 5.91 Å². The van der Waals surface area contributed by atoms with Crippen LogP contribution in [-0.2, 0) is 6.42 Å². The van der Waals surface area contributed by atoms with E-state index >= 15 is 0 Å². The number of benzene rings is 1. The van der Waals surface area contributed by atoms with Crippen LogP contribution in [0.3, 0.4) is 0 Å². The zero-order valence-corrected chi connectivity index (χ0v) is 11.5. The lowest BCUT2D eigenvalue weighted by molar-refractivity contribution is 0.0927. The fourth-order valence-electron chi connectivity index (χ4n) is 2.69. The van der Waals surface area contributed by atoms with Gasteiger partial charge in [-0.3, -0.25) is 4.79 Å². The lowest BCUT2D eigenvalue weighted by Gasteiger charge is -2.22. The topological polar surface area (TPSA) is 55.1 Å². The molecule has 0 spiro atoms. The Morgan fingerprint density at radius 2 is 2.05 bits per heavy atom. The number of rotatable bonds is 5. The number of nitrogens with one attached hydrogen (secondary N) is 1. The molecule has 0 radical (unpaired) electrons. The number of amides is 1. The SMILES string of the molecule is NCCCc1cccc(C(=O)NC2CCCCC2)c1. The van der Waals surface area contributed by atoms with Crippen LogP contribution in [0.25, 0.3) is 0 Å². The van der Waals surface area contributed by atoms with E-state index < -0.39 is 0 Å². The zero-order valence-electron chi connectivity index (χ0n) is 11.5.